The number of hydrogen-bond acceptors (Lipinski definition) is 3. The maximum Gasteiger partial charge on any atom is 0.0473 e. The first-order valence-corrected chi connectivity index (χ1v) is 8.30. The van der Waals surface area contributed by atoms with E-state index >= 15 is 0 Å². The van der Waals surface area contributed by atoms with Gasteiger partial charge in [-0.3, -0.25) is 4.90 Å². The Morgan fingerprint density at radius 2 is 2.10 bits per heavy atom. The zero-order valence-electron chi connectivity index (χ0n) is 12.0. The minimum Gasteiger partial charge on any atom is -0.311 e. The summed E-state index contributed by atoms with van der Waals surface area (Å²) in [4.78, 5) is 2.63. The van der Waals surface area contributed by atoms with Crippen molar-refractivity contribution in [2.75, 3.05) is 19.6 Å². The molecule has 1 aromatic carbocycles. The molecule has 1 fully saturated rings. The van der Waals surface area contributed by atoms with Gasteiger partial charge in [0.05, 0.1) is 0 Å². The standard InChI is InChI=1S/C17H22N2S/c1-14-12-19(9-7-15-8-10-20-13-15)17(11-18-14)16-5-3-2-4-6-16/h2-6,8,10,13-14,17-18H,7,9,11-12H2,1H3. The summed E-state index contributed by atoms with van der Waals surface area (Å²) in [7, 11) is 0. The molecule has 1 aromatic heterocycles. The third kappa shape index (κ3) is 3.29. The van der Waals surface area contributed by atoms with Crippen molar-refractivity contribution in [1.82, 2.24) is 10.2 Å². The van der Waals surface area contributed by atoms with Gasteiger partial charge in [0.15, 0.2) is 0 Å². The third-order valence-electron chi connectivity index (χ3n) is 4.06. The van der Waals surface area contributed by atoms with E-state index in [9.17, 15) is 0 Å². The van der Waals surface area contributed by atoms with Crippen LogP contribution in [0.2, 0.25) is 0 Å². The second-order valence-corrected chi connectivity index (χ2v) is 6.39. The van der Waals surface area contributed by atoms with Crippen LogP contribution in [-0.2, 0) is 6.42 Å². The number of piperazine rings is 1. The van der Waals surface area contributed by atoms with Gasteiger partial charge in [-0.2, -0.15) is 11.3 Å². The third-order valence-corrected chi connectivity index (χ3v) is 4.79. The molecule has 3 heteroatoms. The van der Waals surface area contributed by atoms with Crippen molar-refractivity contribution in [1.29, 1.82) is 0 Å². The number of hydrogen-bond donors (Lipinski definition) is 1. The fraction of sp³-hybridized carbons (Fsp3) is 0.412. The largest absolute Gasteiger partial charge is 0.311 e. The predicted molar refractivity (Wildman–Crippen MR) is 86.2 cm³/mol. The lowest BCUT2D eigenvalue weighted by molar-refractivity contribution is 0.137. The lowest BCUT2D eigenvalue weighted by Gasteiger charge is -2.39. The summed E-state index contributed by atoms with van der Waals surface area (Å²) in [6.45, 7) is 5.60. The molecule has 2 atom stereocenters. The summed E-state index contributed by atoms with van der Waals surface area (Å²) in [5.74, 6) is 0. The molecule has 0 spiro atoms. The number of rotatable bonds is 4. The zero-order chi connectivity index (χ0) is 13.8. The van der Waals surface area contributed by atoms with Gasteiger partial charge in [0, 0.05) is 31.7 Å². The van der Waals surface area contributed by atoms with Crippen LogP contribution in [0.5, 0.6) is 0 Å². The van der Waals surface area contributed by atoms with E-state index in [0.717, 1.165) is 26.1 Å². The van der Waals surface area contributed by atoms with Crippen LogP contribution in [0.15, 0.2) is 47.2 Å². The van der Waals surface area contributed by atoms with Crippen LogP contribution in [0, 0.1) is 0 Å². The Hall–Kier alpha value is -1.16. The number of nitrogens with zero attached hydrogens (tertiary/aromatic N) is 1. The molecule has 2 aromatic rings. The highest BCUT2D eigenvalue weighted by molar-refractivity contribution is 7.07. The molecule has 0 radical (unpaired) electrons. The summed E-state index contributed by atoms with van der Waals surface area (Å²) < 4.78 is 0. The van der Waals surface area contributed by atoms with Gasteiger partial charge in [-0.25, -0.2) is 0 Å². The molecule has 2 nitrogen and oxygen atoms in total. The Labute approximate surface area is 125 Å². The summed E-state index contributed by atoms with van der Waals surface area (Å²) in [5.41, 5.74) is 2.89. The molecular weight excluding hydrogens is 264 g/mol. The monoisotopic (exact) mass is 286 g/mol. The molecule has 1 N–H and O–H groups in total. The van der Waals surface area contributed by atoms with E-state index in [1.54, 1.807) is 11.3 Å². The first kappa shape index (κ1) is 13.8. The lowest BCUT2D eigenvalue weighted by Crippen LogP contribution is -2.51. The molecule has 1 saturated heterocycles. The van der Waals surface area contributed by atoms with Crippen LogP contribution < -0.4 is 5.32 Å². The Morgan fingerprint density at radius 1 is 1.25 bits per heavy atom. The average Bonchev–Trinajstić information content (AvgIpc) is 2.99. The van der Waals surface area contributed by atoms with E-state index in [-0.39, 0.29) is 0 Å². The van der Waals surface area contributed by atoms with Gasteiger partial charge in [-0.05, 0) is 41.3 Å². The van der Waals surface area contributed by atoms with Crippen LogP contribution in [0.3, 0.4) is 0 Å². The van der Waals surface area contributed by atoms with Crippen LogP contribution in [-0.4, -0.2) is 30.6 Å². The van der Waals surface area contributed by atoms with Crippen LogP contribution >= 0.6 is 11.3 Å². The second kappa shape index (κ2) is 6.53. The molecule has 2 heterocycles. The van der Waals surface area contributed by atoms with Gasteiger partial charge >= 0.3 is 0 Å². The lowest BCUT2D eigenvalue weighted by atomic mass is 10.0. The van der Waals surface area contributed by atoms with E-state index in [1.165, 1.54) is 11.1 Å². The van der Waals surface area contributed by atoms with Gasteiger partial charge < -0.3 is 5.32 Å². The van der Waals surface area contributed by atoms with Crippen molar-refractivity contribution < 1.29 is 0 Å². The van der Waals surface area contributed by atoms with Crippen molar-refractivity contribution in [3.8, 4) is 0 Å². The second-order valence-electron chi connectivity index (χ2n) is 5.61. The minimum atomic E-state index is 0.506. The number of thiophene rings is 1. The SMILES string of the molecule is CC1CN(CCc2ccsc2)C(c2ccccc2)CN1. The van der Waals surface area contributed by atoms with Gasteiger partial charge in [0.25, 0.3) is 0 Å². The molecule has 3 rings (SSSR count). The van der Waals surface area contributed by atoms with Crippen molar-refractivity contribution in [3.63, 3.8) is 0 Å². The Morgan fingerprint density at radius 3 is 2.85 bits per heavy atom. The van der Waals surface area contributed by atoms with Crippen LogP contribution in [0.1, 0.15) is 24.1 Å². The number of benzene rings is 1. The van der Waals surface area contributed by atoms with Crippen LogP contribution in [0.4, 0.5) is 0 Å². The molecule has 0 bridgehead atoms. The summed E-state index contributed by atoms with van der Waals surface area (Å²) in [6, 6.07) is 14.2. The van der Waals surface area contributed by atoms with E-state index in [2.05, 4.69) is 64.3 Å². The van der Waals surface area contributed by atoms with Crippen molar-refractivity contribution in [3.05, 3.63) is 58.3 Å². The average molecular weight is 286 g/mol. The van der Waals surface area contributed by atoms with Crippen molar-refractivity contribution >= 4 is 11.3 Å². The van der Waals surface area contributed by atoms with Gasteiger partial charge in [0.2, 0.25) is 0 Å². The summed E-state index contributed by atoms with van der Waals surface area (Å²) in [6.07, 6.45) is 1.15. The Balaban J connectivity index is 1.70. The van der Waals surface area contributed by atoms with Gasteiger partial charge in [-0.1, -0.05) is 30.3 Å². The van der Waals surface area contributed by atoms with Crippen LogP contribution in [0.25, 0.3) is 0 Å². The zero-order valence-corrected chi connectivity index (χ0v) is 12.8. The molecule has 1 aliphatic rings. The molecule has 0 amide bonds. The van der Waals surface area contributed by atoms with E-state index in [4.69, 9.17) is 0 Å². The quantitative estimate of drug-likeness (QED) is 0.927. The smallest absolute Gasteiger partial charge is 0.0473 e. The van der Waals surface area contributed by atoms with E-state index < -0.39 is 0 Å². The highest BCUT2D eigenvalue weighted by Gasteiger charge is 2.26. The molecule has 0 saturated carbocycles. The minimum absolute atomic E-state index is 0.506. The van der Waals surface area contributed by atoms with Gasteiger partial charge in [-0.15, -0.1) is 0 Å². The first-order valence-electron chi connectivity index (χ1n) is 7.36. The van der Waals surface area contributed by atoms with Crippen molar-refractivity contribution in [2.45, 2.75) is 25.4 Å². The topological polar surface area (TPSA) is 15.3 Å². The maximum absolute atomic E-state index is 3.61. The van der Waals surface area contributed by atoms with Crippen molar-refractivity contribution in [2.24, 2.45) is 0 Å². The summed E-state index contributed by atoms with van der Waals surface area (Å²) >= 11 is 1.79. The molecule has 0 aliphatic carbocycles. The molecular formula is C17H22N2S. The highest BCUT2D eigenvalue weighted by Crippen LogP contribution is 2.24. The van der Waals surface area contributed by atoms with E-state index in [1.807, 2.05) is 0 Å². The molecule has 2 unspecified atom stereocenters. The number of nitrogens with one attached hydrogen (secondary N) is 1. The maximum atomic E-state index is 3.61. The fourth-order valence-electron chi connectivity index (χ4n) is 2.94. The molecule has 1 aliphatic heterocycles. The summed E-state index contributed by atoms with van der Waals surface area (Å²) in [5, 5.41) is 8.05. The first-order chi connectivity index (χ1) is 9.83. The molecule has 20 heavy (non-hydrogen) atoms. The Kier molecular flexibility index (Phi) is 4.51. The fourth-order valence-corrected chi connectivity index (χ4v) is 3.65. The molecule has 106 valence electrons. The predicted octanol–water partition coefficient (Wildman–Crippen LogP) is 3.33. The Bertz CT molecular complexity index is 509. The normalized spacial score (nSPS) is 23.9. The van der Waals surface area contributed by atoms with E-state index in [0.29, 0.717) is 12.1 Å². The highest BCUT2D eigenvalue weighted by atomic mass is 32.1. The van der Waals surface area contributed by atoms with Gasteiger partial charge in [0.1, 0.15) is 0 Å².